The highest BCUT2D eigenvalue weighted by Crippen LogP contribution is 2.33. The molecule has 4 heteroatoms. The molecule has 0 N–H and O–H groups in total. The largest absolute Gasteiger partial charge is 0.244 e. The molecule has 0 fully saturated rings. The number of fused-ring (bicyclic) bond motifs is 1. The third kappa shape index (κ3) is 2.41. The molecule has 92 valence electrons. The maximum Gasteiger partial charge on any atom is 0.123 e. The minimum Gasteiger partial charge on any atom is -0.244 e. The minimum absolute atomic E-state index is 0. The van der Waals surface area contributed by atoms with E-state index in [0.717, 1.165) is 29.5 Å². The van der Waals surface area contributed by atoms with Crippen LogP contribution in [0.1, 0.15) is 23.1 Å². The number of hydrogen-bond donors (Lipinski definition) is 0. The van der Waals surface area contributed by atoms with Gasteiger partial charge in [0.25, 0.3) is 0 Å². The minimum atomic E-state index is -0.159. The summed E-state index contributed by atoms with van der Waals surface area (Å²) in [4.78, 5) is 7.96. The van der Waals surface area contributed by atoms with E-state index in [9.17, 15) is 4.39 Å². The van der Waals surface area contributed by atoms with Gasteiger partial charge >= 0.3 is 0 Å². The van der Waals surface area contributed by atoms with Crippen LogP contribution in [0, 0.1) is 5.82 Å². The number of halogens is 2. The molecular formula is C14H12ClFN2. The zero-order valence-electron chi connectivity index (χ0n) is 9.64. The Balaban J connectivity index is 0.00000120. The highest BCUT2D eigenvalue weighted by Gasteiger charge is 2.16. The number of aromatic nitrogens is 2. The zero-order valence-corrected chi connectivity index (χ0v) is 10.5. The number of rotatable bonds is 1. The predicted molar refractivity (Wildman–Crippen MR) is 71.9 cm³/mol. The van der Waals surface area contributed by atoms with Crippen LogP contribution in [0.25, 0.3) is 11.6 Å². The second-order valence-electron chi connectivity index (χ2n) is 4.14. The number of aryl methyl sites for hydroxylation is 1. The van der Waals surface area contributed by atoms with Gasteiger partial charge in [0.15, 0.2) is 0 Å². The highest BCUT2D eigenvalue weighted by atomic mass is 35.5. The van der Waals surface area contributed by atoms with Crippen molar-refractivity contribution in [1.82, 2.24) is 9.97 Å². The maximum absolute atomic E-state index is 13.1. The van der Waals surface area contributed by atoms with E-state index in [1.807, 2.05) is 6.07 Å². The number of benzene rings is 1. The summed E-state index contributed by atoms with van der Waals surface area (Å²) in [6.07, 6.45) is 9.01. The van der Waals surface area contributed by atoms with E-state index in [-0.39, 0.29) is 18.2 Å². The Kier molecular flexibility index (Phi) is 3.72. The van der Waals surface area contributed by atoms with Gasteiger partial charge in [-0.15, -0.1) is 12.4 Å². The Morgan fingerprint density at radius 3 is 2.67 bits per heavy atom. The van der Waals surface area contributed by atoms with Crippen LogP contribution >= 0.6 is 12.4 Å². The van der Waals surface area contributed by atoms with Crippen LogP contribution in [0.15, 0.2) is 36.9 Å². The molecule has 0 atom stereocenters. The maximum atomic E-state index is 13.1. The third-order valence-corrected chi connectivity index (χ3v) is 3.00. The van der Waals surface area contributed by atoms with Gasteiger partial charge in [-0.1, -0.05) is 6.07 Å². The first-order chi connectivity index (χ1) is 8.33. The van der Waals surface area contributed by atoms with Gasteiger partial charge < -0.3 is 0 Å². The summed E-state index contributed by atoms with van der Waals surface area (Å²) in [5.41, 5.74) is 4.46. The fraction of sp³-hybridized carbons (Fsp3) is 0.143. The molecule has 1 aromatic heterocycles. The summed E-state index contributed by atoms with van der Waals surface area (Å²) < 4.78 is 13.1. The van der Waals surface area contributed by atoms with Crippen molar-refractivity contribution in [3.05, 3.63) is 59.4 Å². The van der Waals surface area contributed by atoms with Crippen molar-refractivity contribution in [3.63, 3.8) is 0 Å². The number of nitrogens with zero attached hydrogens (tertiary/aromatic N) is 2. The fourth-order valence-corrected chi connectivity index (χ4v) is 2.22. The first-order valence-electron chi connectivity index (χ1n) is 5.57. The lowest BCUT2D eigenvalue weighted by atomic mass is 10.1. The summed E-state index contributed by atoms with van der Waals surface area (Å²) in [6, 6.07) is 4.99. The summed E-state index contributed by atoms with van der Waals surface area (Å²) in [5.74, 6) is -0.159. The Labute approximate surface area is 111 Å². The fourth-order valence-electron chi connectivity index (χ4n) is 2.22. The van der Waals surface area contributed by atoms with Crippen LogP contribution in [0.4, 0.5) is 4.39 Å². The Morgan fingerprint density at radius 2 is 1.89 bits per heavy atom. The van der Waals surface area contributed by atoms with Crippen LogP contribution in [0.3, 0.4) is 0 Å². The molecule has 3 rings (SSSR count). The van der Waals surface area contributed by atoms with Gasteiger partial charge in [-0.25, -0.2) is 14.4 Å². The van der Waals surface area contributed by atoms with Crippen molar-refractivity contribution in [2.75, 3.05) is 0 Å². The quantitative estimate of drug-likeness (QED) is 0.786. The SMILES string of the molecule is Cl.Fc1ccc2c(c1)CC/C2=C\c1cncnc1. The highest BCUT2D eigenvalue weighted by molar-refractivity contribution is 5.85. The van der Waals surface area contributed by atoms with Gasteiger partial charge in [0.05, 0.1) is 0 Å². The molecule has 2 aromatic rings. The summed E-state index contributed by atoms with van der Waals surface area (Å²) in [6.45, 7) is 0. The average molecular weight is 263 g/mol. The molecule has 0 saturated heterocycles. The topological polar surface area (TPSA) is 25.8 Å². The van der Waals surface area contributed by atoms with Gasteiger partial charge in [-0.05, 0) is 47.8 Å². The third-order valence-electron chi connectivity index (χ3n) is 3.00. The van der Waals surface area contributed by atoms with E-state index in [0.29, 0.717) is 0 Å². The summed E-state index contributed by atoms with van der Waals surface area (Å²) in [7, 11) is 0. The van der Waals surface area contributed by atoms with Crippen LogP contribution < -0.4 is 0 Å². The van der Waals surface area contributed by atoms with E-state index in [1.54, 1.807) is 18.5 Å². The van der Waals surface area contributed by atoms with Crippen molar-refractivity contribution in [2.45, 2.75) is 12.8 Å². The van der Waals surface area contributed by atoms with Crippen molar-refractivity contribution in [3.8, 4) is 0 Å². The Bertz CT molecular complexity index is 582. The molecule has 2 nitrogen and oxygen atoms in total. The van der Waals surface area contributed by atoms with Crippen LogP contribution in [-0.4, -0.2) is 9.97 Å². The van der Waals surface area contributed by atoms with E-state index < -0.39 is 0 Å². The first kappa shape index (κ1) is 12.7. The zero-order chi connectivity index (χ0) is 11.7. The molecule has 1 aliphatic rings. The van der Waals surface area contributed by atoms with Crippen LogP contribution in [0.2, 0.25) is 0 Å². The normalized spacial score (nSPS) is 15.3. The second-order valence-corrected chi connectivity index (χ2v) is 4.14. The smallest absolute Gasteiger partial charge is 0.123 e. The summed E-state index contributed by atoms with van der Waals surface area (Å²) >= 11 is 0. The van der Waals surface area contributed by atoms with Crippen molar-refractivity contribution in [2.24, 2.45) is 0 Å². The van der Waals surface area contributed by atoms with E-state index in [4.69, 9.17) is 0 Å². The molecule has 0 bridgehead atoms. The summed E-state index contributed by atoms with van der Waals surface area (Å²) in [5, 5.41) is 0. The Morgan fingerprint density at radius 1 is 1.11 bits per heavy atom. The van der Waals surface area contributed by atoms with Crippen molar-refractivity contribution in [1.29, 1.82) is 0 Å². The lowest BCUT2D eigenvalue weighted by Gasteiger charge is -2.01. The van der Waals surface area contributed by atoms with Gasteiger partial charge in [0, 0.05) is 18.0 Å². The molecule has 0 aliphatic heterocycles. The second kappa shape index (κ2) is 5.27. The number of allylic oxidation sites excluding steroid dienone is 1. The van der Waals surface area contributed by atoms with Gasteiger partial charge in [-0.2, -0.15) is 0 Å². The van der Waals surface area contributed by atoms with E-state index in [1.165, 1.54) is 18.0 Å². The molecule has 0 amide bonds. The molecule has 0 radical (unpaired) electrons. The van der Waals surface area contributed by atoms with Gasteiger partial charge in [0.2, 0.25) is 0 Å². The Hall–Kier alpha value is -1.74. The first-order valence-corrected chi connectivity index (χ1v) is 5.57. The van der Waals surface area contributed by atoms with Crippen LogP contribution in [-0.2, 0) is 6.42 Å². The van der Waals surface area contributed by atoms with Crippen molar-refractivity contribution >= 4 is 24.1 Å². The lowest BCUT2D eigenvalue weighted by molar-refractivity contribution is 0.626. The average Bonchev–Trinajstić information content (AvgIpc) is 2.73. The molecule has 0 spiro atoms. The van der Waals surface area contributed by atoms with Crippen LogP contribution in [0.5, 0.6) is 0 Å². The molecule has 1 aliphatic carbocycles. The monoisotopic (exact) mass is 262 g/mol. The van der Waals surface area contributed by atoms with E-state index in [2.05, 4.69) is 16.0 Å². The number of hydrogen-bond acceptors (Lipinski definition) is 2. The van der Waals surface area contributed by atoms with Crippen molar-refractivity contribution < 1.29 is 4.39 Å². The molecule has 1 aromatic carbocycles. The standard InChI is InChI=1S/C14H11FN2.ClH/c15-13-3-4-14-11(1-2-12(14)6-13)5-10-7-16-9-17-8-10;/h3-9H,1-2H2;1H/b11-5+;. The molecule has 0 unspecified atom stereocenters. The molecular weight excluding hydrogens is 251 g/mol. The molecule has 1 heterocycles. The molecule has 18 heavy (non-hydrogen) atoms. The lowest BCUT2D eigenvalue weighted by Crippen LogP contribution is -1.84. The van der Waals surface area contributed by atoms with E-state index >= 15 is 0 Å². The van der Waals surface area contributed by atoms with Gasteiger partial charge in [-0.3, -0.25) is 0 Å². The molecule has 0 saturated carbocycles. The van der Waals surface area contributed by atoms with Gasteiger partial charge in [0.1, 0.15) is 12.1 Å². The predicted octanol–water partition coefficient (Wildman–Crippen LogP) is 3.52.